The Kier molecular flexibility index (Phi) is 4.08. The van der Waals surface area contributed by atoms with Gasteiger partial charge >= 0.3 is 0 Å². The number of methoxy groups -OCH3 is 1. The summed E-state index contributed by atoms with van der Waals surface area (Å²) in [5.41, 5.74) is -0.110. The quantitative estimate of drug-likeness (QED) is 0.841. The van der Waals surface area contributed by atoms with Gasteiger partial charge in [-0.05, 0) is 32.6 Å². The van der Waals surface area contributed by atoms with E-state index in [1.807, 2.05) is 4.90 Å². The number of likely N-dealkylation sites (tertiary alicyclic amines) is 1. The van der Waals surface area contributed by atoms with Crippen molar-refractivity contribution in [3.63, 3.8) is 0 Å². The molecule has 5 heteroatoms. The Balaban J connectivity index is 1.82. The van der Waals surface area contributed by atoms with E-state index < -0.39 is 0 Å². The number of rotatable bonds is 2. The summed E-state index contributed by atoms with van der Waals surface area (Å²) in [4.78, 5) is 26.1. The van der Waals surface area contributed by atoms with Gasteiger partial charge in [-0.1, -0.05) is 6.42 Å². The Labute approximate surface area is 130 Å². The molecule has 2 fully saturated rings. The molecule has 120 valence electrons. The first kappa shape index (κ1) is 15.3. The standard InChI is InChI=1S/C17H23NO4/c1-12-9-13(19)10-14(22-12)16(20)18-8-4-7-17(11-18)6-3-5-15(17)21-2/h9-10,15H,3-8,11H2,1-2H3/t15-,17-/m1/s1. The molecule has 1 saturated heterocycles. The van der Waals surface area contributed by atoms with Crippen molar-refractivity contribution >= 4 is 5.91 Å². The first-order valence-electron chi connectivity index (χ1n) is 7.98. The highest BCUT2D eigenvalue weighted by atomic mass is 16.5. The number of hydrogen-bond acceptors (Lipinski definition) is 4. The number of nitrogens with zero attached hydrogens (tertiary/aromatic N) is 1. The normalized spacial score (nSPS) is 28.3. The van der Waals surface area contributed by atoms with Crippen LogP contribution in [-0.4, -0.2) is 37.1 Å². The molecule has 3 rings (SSSR count). The molecule has 22 heavy (non-hydrogen) atoms. The van der Waals surface area contributed by atoms with Gasteiger partial charge in [0.2, 0.25) is 0 Å². The molecule has 5 nitrogen and oxygen atoms in total. The zero-order chi connectivity index (χ0) is 15.7. The van der Waals surface area contributed by atoms with Gasteiger partial charge < -0.3 is 14.1 Å². The number of amides is 1. The van der Waals surface area contributed by atoms with Gasteiger partial charge in [0.15, 0.2) is 11.2 Å². The monoisotopic (exact) mass is 305 g/mol. The second-order valence-electron chi connectivity index (χ2n) is 6.58. The van der Waals surface area contributed by atoms with Crippen LogP contribution < -0.4 is 5.43 Å². The minimum Gasteiger partial charge on any atom is -0.456 e. The van der Waals surface area contributed by atoms with Crippen LogP contribution in [0.5, 0.6) is 0 Å². The average Bonchev–Trinajstić information content (AvgIpc) is 2.87. The molecule has 1 saturated carbocycles. The third-order valence-electron chi connectivity index (χ3n) is 5.10. The van der Waals surface area contributed by atoms with Crippen LogP contribution in [0.1, 0.15) is 48.4 Å². The van der Waals surface area contributed by atoms with Gasteiger partial charge in [0.05, 0.1) is 6.10 Å². The fourth-order valence-corrected chi connectivity index (χ4v) is 4.14. The molecular weight excluding hydrogens is 282 g/mol. The molecule has 1 aromatic rings. The maximum atomic E-state index is 12.7. The molecule has 1 amide bonds. The van der Waals surface area contributed by atoms with E-state index in [9.17, 15) is 9.59 Å². The van der Waals surface area contributed by atoms with Gasteiger partial charge in [-0.25, -0.2) is 0 Å². The number of aryl methyl sites for hydroxylation is 1. The van der Waals surface area contributed by atoms with Crippen LogP contribution in [-0.2, 0) is 4.74 Å². The van der Waals surface area contributed by atoms with Gasteiger partial charge in [-0.2, -0.15) is 0 Å². The van der Waals surface area contributed by atoms with Gasteiger partial charge in [0.1, 0.15) is 5.76 Å². The lowest BCUT2D eigenvalue weighted by Gasteiger charge is -2.43. The summed E-state index contributed by atoms with van der Waals surface area (Å²) < 4.78 is 11.1. The molecule has 0 unspecified atom stereocenters. The summed E-state index contributed by atoms with van der Waals surface area (Å²) in [5, 5.41) is 0. The summed E-state index contributed by atoms with van der Waals surface area (Å²) in [7, 11) is 1.76. The topological polar surface area (TPSA) is 59.8 Å². The van der Waals surface area contributed by atoms with Gasteiger partial charge in [-0.3, -0.25) is 9.59 Å². The highest BCUT2D eigenvalue weighted by molar-refractivity contribution is 5.91. The molecule has 1 spiro atoms. The summed E-state index contributed by atoms with van der Waals surface area (Å²) in [6.07, 6.45) is 5.63. The lowest BCUT2D eigenvalue weighted by molar-refractivity contribution is -0.0301. The fourth-order valence-electron chi connectivity index (χ4n) is 4.14. The third kappa shape index (κ3) is 2.70. The molecule has 2 aliphatic rings. The van der Waals surface area contributed by atoms with Gasteiger partial charge in [0, 0.05) is 37.7 Å². The van der Waals surface area contributed by atoms with E-state index in [4.69, 9.17) is 9.15 Å². The predicted molar refractivity (Wildman–Crippen MR) is 81.9 cm³/mol. The Hall–Kier alpha value is -1.62. The molecule has 2 heterocycles. The van der Waals surface area contributed by atoms with Crippen LogP contribution in [0, 0.1) is 12.3 Å². The predicted octanol–water partition coefficient (Wildman–Crippen LogP) is 2.37. The van der Waals surface area contributed by atoms with E-state index in [-0.39, 0.29) is 28.6 Å². The molecular formula is C17H23NO4. The van der Waals surface area contributed by atoms with E-state index in [2.05, 4.69) is 0 Å². The fraction of sp³-hybridized carbons (Fsp3) is 0.647. The smallest absolute Gasteiger partial charge is 0.289 e. The molecule has 0 bridgehead atoms. The third-order valence-corrected chi connectivity index (χ3v) is 5.10. The molecule has 2 atom stereocenters. The van der Waals surface area contributed by atoms with Crippen LogP contribution in [0.4, 0.5) is 0 Å². The Morgan fingerprint density at radius 2 is 2.14 bits per heavy atom. The van der Waals surface area contributed by atoms with Crippen molar-refractivity contribution in [2.45, 2.75) is 45.1 Å². The maximum Gasteiger partial charge on any atom is 0.289 e. The molecule has 1 aromatic heterocycles. The molecule has 0 radical (unpaired) electrons. The van der Waals surface area contributed by atoms with Crippen molar-refractivity contribution in [1.82, 2.24) is 4.90 Å². The minimum atomic E-state index is -0.186. The number of ether oxygens (including phenoxy) is 1. The molecule has 0 aromatic carbocycles. The molecule has 1 aliphatic carbocycles. The summed E-state index contributed by atoms with van der Waals surface area (Å²) in [6, 6.07) is 2.69. The lowest BCUT2D eigenvalue weighted by Crippen LogP contribution is -2.49. The first-order valence-corrected chi connectivity index (χ1v) is 7.98. The second kappa shape index (κ2) is 5.88. The highest BCUT2D eigenvalue weighted by Crippen LogP contribution is 2.46. The number of carbonyl (C=O) groups excluding carboxylic acids is 1. The lowest BCUT2D eigenvalue weighted by atomic mass is 9.76. The van der Waals surface area contributed by atoms with Gasteiger partial charge in [-0.15, -0.1) is 0 Å². The SMILES string of the molecule is CO[C@@H]1CCC[C@]12CCCN(C(=O)c1cc(=O)cc(C)o1)C2. The maximum absolute atomic E-state index is 12.7. The number of hydrogen-bond donors (Lipinski definition) is 0. The minimum absolute atomic E-state index is 0.0762. The largest absolute Gasteiger partial charge is 0.456 e. The van der Waals surface area contributed by atoms with Crippen LogP contribution in [0.25, 0.3) is 0 Å². The van der Waals surface area contributed by atoms with E-state index in [0.717, 1.165) is 32.1 Å². The number of piperidine rings is 1. The Morgan fingerprint density at radius 3 is 2.86 bits per heavy atom. The van der Waals surface area contributed by atoms with Crippen LogP contribution >= 0.6 is 0 Å². The molecule has 1 aliphatic heterocycles. The number of carbonyl (C=O) groups is 1. The van der Waals surface area contributed by atoms with Crippen molar-refractivity contribution < 1.29 is 13.9 Å². The van der Waals surface area contributed by atoms with E-state index in [1.54, 1.807) is 14.0 Å². The van der Waals surface area contributed by atoms with Gasteiger partial charge in [0.25, 0.3) is 5.91 Å². The Morgan fingerprint density at radius 1 is 1.36 bits per heavy atom. The van der Waals surface area contributed by atoms with Crippen molar-refractivity contribution in [1.29, 1.82) is 0 Å². The average molecular weight is 305 g/mol. The highest BCUT2D eigenvalue weighted by Gasteiger charge is 2.46. The summed E-state index contributed by atoms with van der Waals surface area (Å²) in [6.45, 7) is 3.10. The second-order valence-corrected chi connectivity index (χ2v) is 6.58. The zero-order valence-corrected chi connectivity index (χ0v) is 13.3. The van der Waals surface area contributed by atoms with Crippen LogP contribution in [0.3, 0.4) is 0 Å². The van der Waals surface area contributed by atoms with Crippen LogP contribution in [0.2, 0.25) is 0 Å². The zero-order valence-electron chi connectivity index (χ0n) is 13.3. The molecule has 0 N–H and O–H groups in total. The van der Waals surface area contributed by atoms with Crippen molar-refractivity contribution in [2.24, 2.45) is 5.41 Å². The van der Waals surface area contributed by atoms with E-state index in [1.165, 1.54) is 12.1 Å². The summed E-state index contributed by atoms with van der Waals surface area (Å²) >= 11 is 0. The van der Waals surface area contributed by atoms with Crippen LogP contribution in [0.15, 0.2) is 21.3 Å². The van der Waals surface area contributed by atoms with E-state index in [0.29, 0.717) is 18.8 Å². The first-order chi connectivity index (χ1) is 10.5. The van der Waals surface area contributed by atoms with Crippen molar-refractivity contribution in [3.8, 4) is 0 Å². The van der Waals surface area contributed by atoms with Crippen molar-refractivity contribution in [3.05, 3.63) is 33.9 Å². The van der Waals surface area contributed by atoms with Crippen molar-refractivity contribution in [2.75, 3.05) is 20.2 Å². The van der Waals surface area contributed by atoms with E-state index >= 15 is 0 Å². The Bertz CT molecular complexity index is 623. The summed E-state index contributed by atoms with van der Waals surface area (Å²) in [5.74, 6) is 0.439.